The van der Waals surface area contributed by atoms with Gasteiger partial charge in [-0.1, -0.05) is 0 Å². The minimum Gasteiger partial charge on any atom is -0.341 e. The maximum Gasteiger partial charge on any atom is 0.416 e. The summed E-state index contributed by atoms with van der Waals surface area (Å²) in [7, 11) is 0. The van der Waals surface area contributed by atoms with E-state index in [-0.39, 0.29) is 24.6 Å². The van der Waals surface area contributed by atoms with Crippen molar-refractivity contribution in [3.05, 3.63) is 48.3 Å². The molecule has 0 saturated carbocycles. The summed E-state index contributed by atoms with van der Waals surface area (Å²) in [5.41, 5.74) is -1.65. The van der Waals surface area contributed by atoms with Crippen LogP contribution in [0.2, 0.25) is 0 Å². The van der Waals surface area contributed by atoms with Crippen LogP contribution < -0.4 is 15.5 Å². The third-order valence-electron chi connectivity index (χ3n) is 5.76. The Morgan fingerprint density at radius 1 is 1.09 bits per heavy atom. The van der Waals surface area contributed by atoms with Crippen LogP contribution in [0.4, 0.5) is 29.6 Å². The molecule has 174 valence electrons. The highest BCUT2D eigenvalue weighted by atomic mass is 19.4. The van der Waals surface area contributed by atoms with Crippen molar-refractivity contribution in [3.63, 3.8) is 0 Å². The standard InChI is InChI=1S/C21H21F3N6O3/c22-21(23,24)14-2-4-15(5-3-14)27-16(31)6-11-30-17(32)20(28-19(30)33)7-12-29(13-8-20)18-25-9-1-10-26-18/h1-5,9-10H,6-8,11-13H2,(H,27,31)(H,28,33). The summed E-state index contributed by atoms with van der Waals surface area (Å²) in [6.45, 7) is 0.834. The number of hydrogen-bond acceptors (Lipinski definition) is 6. The van der Waals surface area contributed by atoms with Gasteiger partial charge in [0, 0.05) is 44.1 Å². The number of alkyl halides is 3. The van der Waals surface area contributed by atoms with Crippen molar-refractivity contribution in [2.24, 2.45) is 0 Å². The van der Waals surface area contributed by atoms with Crippen molar-refractivity contribution in [3.8, 4) is 0 Å². The second-order valence-corrected chi connectivity index (χ2v) is 7.88. The highest BCUT2D eigenvalue weighted by Gasteiger charge is 2.52. The Hall–Kier alpha value is -3.70. The van der Waals surface area contributed by atoms with Crippen LogP contribution in [0.1, 0.15) is 24.8 Å². The lowest BCUT2D eigenvalue weighted by molar-refractivity contribution is -0.137. The molecule has 2 saturated heterocycles. The second-order valence-electron chi connectivity index (χ2n) is 7.88. The summed E-state index contributed by atoms with van der Waals surface area (Å²) in [5, 5.41) is 5.24. The smallest absolute Gasteiger partial charge is 0.341 e. The van der Waals surface area contributed by atoms with E-state index in [4.69, 9.17) is 0 Å². The summed E-state index contributed by atoms with van der Waals surface area (Å²) in [6.07, 6.45) is -0.625. The van der Waals surface area contributed by atoms with Gasteiger partial charge in [-0.25, -0.2) is 14.8 Å². The van der Waals surface area contributed by atoms with Crippen LogP contribution in [0, 0.1) is 0 Å². The number of amides is 4. The zero-order valence-corrected chi connectivity index (χ0v) is 17.4. The SMILES string of the molecule is O=C(CCN1C(=O)NC2(CCN(c3ncccn3)CC2)C1=O)Nc1ccc(C(F)(F)F)cc1. The number of rotatable bonds is 5. The lowest BCUT2D eigenvalue weighted by Gasteiger charge is -2.37. The first-order chi connectivity index (χ1) is 15.7. The number of urea groups is 1. The van der Waals surface area contributed by atoms with E-state index < -0.39 is 29.2 Å². The molecule has 2 aliphatic rings. The van der Waals surface area contributed by atoms with Gasteiger partial charge >= 0.3 is 12.2 Å². The van der Waals surface area contributed by atoms with Crippen LogP contribution in [0.25, 0.3) is 0 Å². The van der Waals surface area contributed by atoms with Crippen LogP contribution in [0.15, 0.2) is 42.7 Å². The molecule has 1 aromatic heterocycles. The van der Waals surface area contributed by atoms with Gasteiger partial charge in [0.05, 0.1) is 5.56 Å². The van der Waals surface area contributed by atoms with E-state index in [0.29, 0.717) is 31.9 Å². The molecule has 0 radical (unpaired) electrons. The molecular weight excluding hydrogens is 441 g/mol. The summed E-state index contributed by atoms with van der Waals surface area (Å²) in [4.78, 5) is 49.0. The van der Waals surface area contributed by atoms with Gasteiger partial charge in [0.15, 0.2) is 0 Å². The third kappa shape index (κ3) is 4.73. The van der Waals surface area contributed by atoms with Gasteiger partial charge in [-0.15, -0.1) is 0 Å². The number of carbonyl (C=O) groups excluding carboxylic acids is 3. The number of benzene rings is 1. The van der Waals surface area contributed by atoms with Gasteiger partial charge in [0.1, 0.15) is 5.54 Å². The predicted molar refractivity (Wildman–Crippen MR) is 111 cm³/mol. The summed E-state index contributed by atoms with van der Waals surface area (Å²) in [6, 6.07) is 5.17. The zero-order chi connectivity index (χ0) is 23.6. The number of imide groups is 1. The Morgan fingerprint density at radius 2 is 1.73 bits per heavy atom. The molecule has 1 aromatic carbocycles. The normalized spacial score (nSPS) is 17.9. The van der Waals surface area contributed by atoms with Crippen LogP contribution in [-0.2, 0) is 15.8 Å². The van der Waals surface area contributed by atoms with Gasteiger partial charge < -0.3 is 15.5 Å². The van der Waals surface area contributed by atoms with E-state index >= 15 is 0 Å². The number of nitrogens with zero attached hydrogens (tertiary/aromatic N) is 4. The Bertz CT molecular complexity index is 1040. The first kappa shape index (κ1) is 22.5. The van der Waals surface area contributed by atoms with E-state index in [0.717, 1.165) is 29.2 Å². The van der Waals surface area contributed by atoms with Crippen molar-refractivity contribution in [2.75, 3.05) is 29.9 Å². The van der Waals surface area contributed by atoms with Crippen LogP contribution in [0.3, 0.4) is 0 Å². The van der Waals surface area contributed by atoms with E-state index in [2.05, 4.69) is 20.6 Å². The molecule has 2 aliphatic heterocycles. The van der Waals surface area contributed by atoms with Crippen molar-refractivity contribution in [1.82, 2.24) is 20.2 Å². The van der Waals surface area contributed by atoms with Crippen LogP contribution >= 0.6 is 0 Å². The van der Waals surface area contributed by atoms with Crippen molar-refractivity contribution in [2.45, 2.75) is 31.0 Å². The number of piperidine rings is 1. The predicted octanol–water partition coefficient (Wildman–Crippen LogP) is 2.41. The minimum absolute atomic E-state index is 0.135. The Morgan fingerprint density at radius 3 is 2.33 bits per heavy atom. The molecule has 0 atom stereocenters. The first-order valence-electron chi connectivity index (χ1n) is 10.3. The Labute approximate surface area is 187 Å². The lowest BCUT2D eigenvalue weighted by atomic mass is 9.87. The maximum atomic E-state index is 13.0. The zero-order valence-electron chi connectivity index (χ0n) is 17.4. The molecule has 1 spiro atoms. The monoisotopic (exact) mass is 462 g/mol. The van der Waals surface area contributed by atoms with Crippen molar-refractivity contribution >= 4 is 29.5 Å². The van der Waals surface area contributed by atoms with E-state index in [1.54, 1.807) is 18.5 Å². The van der Waals surface area contributed by atoms with Crippen molar-refractivity contribution < 1.29 is 27.6 Å². The van der Waals surface area contributed by atoms with Crippen LogP contribution in [0.5, 0.6) is 0 Å². The molecule has 2 N–H and O–H groups in total. The van der Waals surface area contributed by atoms with Crippen LogP contribution in [-0.4, -0.2) is 57.9 Å². The highest BCUT2D eigenvalue weighted by molar-refractivity contribution is 6.07. The number of halogens is 3. The molecular formula is C21H21F3N6O3. The lowest BCUT2D eigenvalue weighted by Crippen LogP contribution is -2.55. The Kier molecular flexibility index (Phi) is 5.91. The summed E-state index contributed by atoms with van der Waals surface area (Å²) < 4.78 is 37.9. The molecule has 4 amide bonds. The summed E-state index contributed by atoms with van der Waals surface area (Å²) >= 11 is 0. The number of aromatic nitrogens is 2. The molecule has 2 aromatic rings. The molecule has 33 heavy (non-hydrogen) atoms. The third-order valence-corrected chi connectivity index (χ3v) is 5.76. The van der Waals surface area contributed by atoms with Crippen molar-refractivity contribution in [1.29, 1.82) is 0 Å². The molecule has 3 heterocycles. The average Bonchev–Trinajstić information content (AvgIpc) is 3.02. The quantitative estimate of drug-likeness (QED) is 0.661. The largest absolute Gasteiger partial charge is 0.416 e. The molecule has 0 aliphatic carbocycles. The fraction of sp³-hybridized carbons (Fsp3) is 0.381. The number of anilines is 2. The highest BCUT2D eigenvalue weighted by Crippen LogP contribution is 2.31. The topological polar surface area (TPSA) is 108 Å². The molecule has 2 fully saturated rings. The number of nitrogens with one attached hydrogen (secondary N) is 2. The van der Waals surface area contributed by atoms with Gasteiger partial charge in [-0.05, 0) is 43.2 Å². The fourth-order valence-corrected chi connectivity index (χ4v) is 3.94. The molecule has 12 heteroatoms. The summed E-state index contributed by atoms with van der Waals surface area (Å²) in [5.74, 6) is -0.350. The minimum atomic E-state index is -4.47. The first-order valence-corrected chi connectivity index (χ1v) is 10.3. The molecule has 4 rings (SSSR count). The fourth-order valence-electron chi connectivity index (χ4n) is 3.94. The average molecular weight is 462 g/mol. The second kappa shape index (κ2) is 8.68. The van der Waals surface area contributed by atoms with Gasteiger partial charge in [0.2, 0.25) is 11.9 Å². The van der Waals surface area contributed by atoms with E-state index in [1.165, 1.54) is 0 Å². The van der Waals surface area contributed by atoms with E-state index in [1.807, 2.05) is 4.90 Å². The molecule has 9 nitrogen and oxygen atoms in total. The maximum absolute atomic E-state index is 13.0. The number of carbonyl (C=O) groups is 3. The van der Waals surface area contributed by atoms with Gasteiger partial charge in [-0.2, -0.15) is 13.2 Å². The molecule has 0 unspecified atom stereocenters. The molecule has 0 bridgehead atoms. The Balaban J connectivity index is 1.31. The van der Waals surface area contributed by atoms with E-state index in [9.17, 15) is 27.6 Å². The van der Waals surface area contributed by atoms with Gasteiger partial charge in [0.25, 0.3) is 5.91 Å². The number of hydrogen-bond donors (Lipinski definition) is 2. The van der Waals surface area contributed by atoms with Gasteiger partial charge in [-0.3, -0.25) is 14.5 Å².